The number of aromatic nitrogens is 4. The molecule has 0 atom stereocenters. The molecule has 4 rings (SSSR count). The lowest BCUT2D eigenvalue weighted by molar-refractivity contribution is 0.252. The van der Waals surface area contributed by atoms with Crippen molar-refractivity contribution in [3.63, 3.8) is 0 Å². The number of hydrogen-bond donors (Lipinski definition) is 3. The molecule has 0 bridgehead atoms. The number of H-pyrrole nitrogens is 1. The molecule has 0 spiro atoms. The Balaban J connectivity index is 1.29. The minimum Gasteiger partial charge on any atom is -0.444 e. The van der Waals surface area contributed by atoms with Crippen LogP contribution in [-0.4, -0.2) is 32.7 Å². The van der Waals surface area contributed by atoms with Crippen LogP contribution in [-0.2, 0) is 6.42 Å². The van der Waals surface area contributed by atoms with Gasteiger partial charge in [0.25, 0.3) is 0 Å². The third-order valence-electron chi connectivity index (χ3n) is 4.49. The predicted molar refractivity (Wildman–Crippen MR) is 114 cm³/mol. The van der Waals surface area contributed by atoms with E-state index in [0.29, 0.717) is 30.4 Å². The van der Waals surface area contributed by atoms with Gasteiger partial charge in [-0.1, -0.05) is 29.8 Å². The van der Waals surface area contributed by atoms with Crippen LogP contribution in [0.5, 0.6) is 0 Å². The van der Waals surface area contributed by atoms with Crippen molar-refractivity contribution in [3.05, 3.63) is 71.9 Å². The van der Waals surface area contributed by atoms with Gasteiger partial charge in [-0.2, -0.15) is 5.10 Å². The average Bonchev–Trinajstić information content (AvgIpc) is 3.38. The Morgan fingerprint density at radius 3 is 2.67 bits per heavy atom. The van der Waals surface area contributed by atoms with Crippen LogP contribution in [0.4, 0.5) is 10.5 Å². The molecular weight excluding hydrogens is 380 g/mol. The van der Waals surface area contributed by atoms with Crippen molar-refractivity contribution in [2.24, 2.45) is 0 Å². The fourth-order valence-electron chi connectivity index (χ4n) is 2.94. The van der Waals surface area contributed by atoms with Crippen molar-refractivity contribution < 1.29 is 9.21 Å². The fraction of sp³-hybridized carbons (Fsp3) is 0.182. The highest BCUT2D eigenvalue weighted by molar-refractivity contribution is 5.89. The summed E-state index contributed by atoms with van der Waals surface area (Å²) in [5, 5.41) is 12.6. The van der Waals surface area contributed by atoms with Crippen LogP contribution in [0.25, 0.3) is 22.8 Å². The molecule has 152 valence electrons. The van der Waals surface area contributed by atoms with E-state index in [0.717, 1.165) is 22.6 Å². The number of nitrogens with zero attached hydrogens (tertiary/aromatic N) is 3. The van der Waals surface area contributed by atoms with Crippen LogP contribution in [0.3, 0.4) is 0 Å². The van der Waals surface area contributed by atoms with Gasteiger partial charge in [-0.15, -0.1) is 0 Å². The summed E-state index contributed by atoms with van der Waals surface area (Å²) in [5.74, 6) is 1.90. The molecule has 2 aromatic carbocycles. The van der Waals surface area contributed by atoms with Crippen LogP contribution in [0.15, 0.2) is 59.2 Å². The summed E-state index contributed by atoms with van der Waals surface area (Å²) in [7, 11) is 0. The maximum atomic E-state index is 12.2. The molecule has 0 saturated carbocycles. The standard InChI is InChI=1S/C22H22N6O2/c1-14-6-8-16(9-7-14)21-25-19(13-30-21)10-11-23-22(29)26-18-5-3-4-17(12-18)20-24-15(2)27-28-20/h3-9,12-13H,10-11H2,1-2H3,(H2,23,26,29)(H,24,27,28). The maximum absolute atomic E-state index is 12.2. The fourth-order valence-corrected chi connectivity index (χ4v) is 2.94. The number of urea groups is 1. The van der Waals surface area contributed by atoms with Crippen LogP contribution >= 0.6 is 0 Å². The Labute approximate surface area is 173 Å². The molecule has 0 unspecified atom stereocenters. The maximum Gasteiger partial charge on any atom is 0.319 e. The Hall–Kier alpha value is -3.94. The highest BCUT2D eigenvalue weighted by Gasteiger charge is 2.09. The number of carbonyl (C=O) groups is 1. The lowest BCUT2D eigenvalue weighted by Crippen LogP contribution is -2.30. The topological polar surface area (TPSA) is 109 Å². The first-order valence-corrected chi connectivity index (χ1v) is 9.62. The van der Waals surface area contributed by atoms with E-state index in [1.54, 1.807) is 6.26 Å². The largest absolute Gasteiger partial charge is 0.444 e. The van der Waals surface area contributed by atoms with Gasteiger partial charge in [0.1, 0.15) is 12.1 Å². The summed E-state index contributed by atoms with van der Waals surface area (Å²) in [4.78, 5) is 21.0. The SMILES string of the molecule is Cc1ccc(-c2nc(CCNC(=O)Nc3cccc(-c4n[nH]c(C)n4)c3)co2)cc1. The number of aryl methyl sites for hydroxylation is 2. The first-order valence-electron chi connectivity index (χ1n) is 9.62. The Morgan fingerprint density at radius 2 is 1.90 bits per heavy atom. The molecule has 0 radical (unpaired) electrons. The average molecular weight is 402 g/mol. The van der Waals surface area contributed by atoms with Gasteiger partial charge in [0.05, 0.1) is 5.69 Å². The lowest BCUT2D eigenvalue weighted by Gasteiger charge is -2.07. The highest BCUT2D eigenvalue weighted by Crippen LogP contribution is 2.20. The minimum atomic E-state index is -0.291. The predicted octanol–water partition coefficient (Wildman–Crippen LogP) is 4.11. The third kappa shape index (κ3) is 4.72. The van der Waals surface area contributed by atoms with E-state index in [1.165, 1.54) is 5.56 Å². The molecule has 4 aromatic rings. The van der Waals surface area contributed by atoms with E-state index in [4.69, 9.17) is 4.42 Å². The Morgan fingerprint density at radius 1 is 1.07 bits per heavy atom. The number of carbonyl (C=O) groups excluding carboxylic acids is 1. The molecule has 0 aliphatic carbocycles. The summed E-state index contributed by atoms with van der Waals surface area (Å²) in [6.07, 6.45) is 2.19. The molecular formula is C22H22N6O2. The first kappa shape index (κ1) is 19.4. The molecule has 3 N–H and O–H groups in total. The Bertz CT molecular complexity index is 1150. The zero-order chi connectivity index (χ0) is 20.9. The quantitative estimate of drug-likeness (QED) is 0.450. The van der Waals surface area contributed by atoms with Gasteiger partial charge in [-0.25, -0.2) is 14.8 Å². The Kier molecular flexibility index (Phi) is 5.56. The van der Waals surface area contributed by atoms with Crippen LogP contribution in [0, 0.1) is 13.8 Å². The summed E-state index contributed by atoms with van der Waals surface area (Å²) >= 11 is 0. The molecule has 0 aliphatic rings. The van der Waals surface area contributed by atoms with Crippen molar-refractivity contribution in [2.75, 3.05) is 11.9 Å². The molecule has 2 heterocycles. The van der Waals surface area contributed by atoms with Gasteiger partial charge in [0.2, 0.25) is 5.89 Å². The van der Waals surface area contributed by atoms with E-state index in [2.05, 4.69) is 30.8 Å². The van der Waals surface area contributed by atoms with Crippen molar-refractivity contribution in [1.29, 1.82) is 0 Å². The van der Waals surface area contributed by atoms with E-state index in [9.17, 15) is 4.79 Å². The number of rotatable bonds is 6. The van der Waals surface area contributed by atoms with E-state index >= 15 is 0 Å². The summed E-state index contributed by atoms with van der Waals surface area (Å²) < 4.78 is 5.55. The smallest absolute Gasteiger partial charge is 0.319 e. The van der Waals surface area contributed by atoms with Crippen molar-refractivity contribution in [2.45, 2.75) is 20.3 Å². The van der Waals surface area contributed by atoms with Crippen molar-refractivity contribution in [3.8, 4) is 22.8 Å². The second-order valence-corrected chi connectivity index (χ2v) is 6.97. The van der Waals surface area contributed by atoms with E-state index in [-0.39, 0.29) is 6.03 Å². The summed E-state index contributed by atoms with van der Waals surface area (Å²) in [6, 6.07) is 15.1. The molecule has 0 fully saturated rings. The monoisotopic (exact) mass is 402 g/mol. The molecule has 30 heavy (non-hydrogen) atoms. The first-order chi connectivity index (χ1) is 14.6. The van der Waals surface area contributed by atoms with Gasteiger partial charge in [-0.05, 0) is 38.1 Å². The molecule has 0 saturated heterocycles. The van der Waals surface area contributed by atoms with Gasteiger partial charge in [-0.3, -0.25) is 5.10 Å². The molecule has 2 amide bonds. The van der Waals surface area contributed by atoms with E-state index < -0.39 is 0 Å². The highest BCUT2D eigenvalue weighted by atomic mass is 16.3. The van der Waals surface area contributed by atoms with E-state index in [1.807, 2.05) is 62.4 Å². The van der Waals surface area contributed by atoms with Crippen LogP contribution in [0.2, 0.25) is 0 Å². The zero-order valence-electron chi connectivity index (χ0n) is 16.8. The number of oxazole rings is 1. The van der Waals surface area contributed by atoms with Gasteiger partial charge in [0.15, 0.2) is 5.82 Å². The third-order valence-corrected chi connectivity index (χ3v) is 4.49. The van der Waals surface area contributed by atoms with Gasteiger partial charge in [0, 0.05) is 29.8 Å². The second-order valence-electron chi connectivity index (χ2n) is 6.97. The van der Waals surface area contributed by atoms with Gasteiger partial charge < -0.3 is 15.1 Å². The molecule has 0 aliphatic heterocycles. The number of benzene rings is 2. The van der Waals surface area contributed by atoms with Crippen LogP contribution in [0.1, 0.15) is 17.1 Å². The second kappa shape index (κ2) is 8.60. The normalized spacial score (nSPS) is 10.7. The number of aromatic amines is 1. The number of hydrogen-bond acceptors (Lipinski definition) is 5. The molecule has 2 aromatic heterocycles. The zero-order valence-corrected chi connectivity index (χ0v) is 16.8. The molecule has 8 heteroatoms. The van der Waals surface area contributed by atoms with Crippen LogP contribution < -0.4 is 10.6 Å². The van der Waals surface area contributed by atoms with Crippen molar-refractivity contribution >= 4 is 11.7 Å². The summed E-state index contributed by atoms with van der Waals surface area (Å²) in [5.41, 5.74) is 4.38. The van der Waals surface area contributed by atoms with Crippen molar-refractivity contribution in [1.82, 2.24) is 25.5 Å². The minimum absolute atomic E-state index is 0.291. The lowest BCUT2D eigenvalue weighted by atomic mass is 10.1. The number of anilines is 1. The van der Waals surface area contributed by atoms with Gasteiger partial charge >= 0.3 is 6.03 Å². The number of nitrogens with one attached hydrogen (secondary N) is 3. The summed E-state index contributed by atoms with van der Waals surface area (Å²) in [6.45, 7) is 4.31. The molecule has 8 nitrogen and oxygen atoms in total. The number of amides is 2.